The second-order valence-electron chi connectivity index (χ2n) is 6.07. The minimum absolute atomic E-state index is 0.122. The number of thiocarbonyl (C=S) groups is 1. The number of anilines is 2. The lowest BCUT2D eigenvalue weighted by atomic mass is 10.2. The second-order valence-corrected chi connectivity index (χ2v) is 7.42. The van der Waals surface area contributed by atoms with Gasteiger partial charge in [0.15, 0.2) is 10.9 Å². The van der Waals surface area contributed by atoms with Gasteiger partial charge in [0.2, 0.25) is 0 Å². The lowest BCUT2D eigenvalue weighted by Crippen LogP contribution is -2.33. The molecule has 0 bridgehead atoms. The number of rotatable bonds is 4. The maximum Gasteiger partial charge on any atom is 0.293 e. The molecular weight excluding hydrogens is 406 g/mol. The Hall–Kier alpha value is -3.49. The molecule has 0 aliphatic heterocycles. The summed E-state index contributed by atoms with van der Waals surface area (Å²) in [4.78, 5) is 25.2. The van der Waals surface area contributed by atoms with Crippen LogP contribution in [0, 0.1) is 0 Å². The van der Waals surface area contributed by atoms with Gasteiger partial charge in [-0.1, -0.05) is 30.3 Å². The molecular formula is C21H15N3O3S2. The standard InChI is InChI=1S/C21H15N3O3S2/c25-19(17-11-13-5-1-2-8-16(13)27-17)24-21(28)23-15-7-3-6-14(12-15)22-20(26)18-9-4-10-29-18/h1-12H,(H,22,26)(H2,23,24,25,28). The van der Waals surface area contributed by atoms with Crippen molar-refractivity contribution in [2.24, 2.45) is 0 Å². The fraction of sp³-hybridized carbons (Fsp3) is 0. The fourth-order valence-corrected chi connectivity index (χ4v) is 3.53. The summed E-state index contributed by atoms with van der Waals surface area (Å²) in [5.74, 6) is -0.453. The number of hydrogen-bond acceptors (Lipinski definition) is 5. The molecule has 0 unspecified atom stereocenters. The Balaban J connectivity index is 1.39. The van der Waals surface area contributed by atoms with Crippen molar-refractivity contribution in [3.63, 3.8) is 0 Å². The largest absolute Gasteiger partial charge is 0.451 e. The molecule has 0 atom stereocenters. The molecule has 144 valence electrons. The summed E-state index contributed by atoms with van der Waals surface area (Å²) in [6.07, 6.45) is 0. The normalized spacial score (nSPS) is 10.5. The minimum atomic E-state index is -0.444. The first-order valence-electron chi connectivity index (χ1n) is 8.64. The molecule has 8 heteroatoms. The third-order valence-electron chi connectivity index (χ3n) is 4.00. The molecule has 0 spiro atoms. The van der Waals surface area contributed by atoms with Gasteiger partial charge in [-0.3, -0.25) is 14.9 Å². The zero-order valence-electron chi connectivity index (χ0n) is 15.0. The van der Waals surface area contributed by atoms with Crippen LogP contribution in [-0.2, 0) is 0 Å². The second kappa shape index (κ2) is 8.26. The van der Waals surface area contributed by atoms with Crippen LogP contribution >= 0.6 is 23.6 Å². The van der Waals surface area contributed by atoms with Crippen molar-refractivity contribution in [3.8, 4) is 0 Å². The van der Waals surface area contributed by atoms with E-state index >= 15 is 0 Å². The van der Waals surface area contributed by atoms with Gasteiger partial charge in [-0.2, -0.15) is 0 Å². The molecule has 2 amide bonds. The van der Waals surface area contributed by atoms with Crippen LogP contribution in [0.4, 0.5) is 11.4 Å². The molecule has 2 heterocycles. The fourth-order valence-electron chi connectivity index (χ4n) is 2.70. The van der Waals surface area contributed by atoms with Crippen molar-refractivity contribution in [3.05, 3.63) is 82.7 Å². The Kier molecular flexibility index (Phi) is 5.37. The number of hydrogen-bond donors (Lipinski definition) is 3. The summed E-state index contributed by atoms with van der Waals surface area (Å²) in [6, 6.07) is 19.6. The first kappa shape index (κ1) is 18.9. The molecule has 0 saturated carbocycles. The van der Waals surface area contributed by atoms with E-state index in [-0.39, 0.29) is 16.8 Å². The lowest BCUT2D eigenvalue weighted by Gasteiger charge is -2.10. The van der Waals surface area contributed by atoms with E-state index in [1.54, 1.807) is 42.5 Å². The van der Waals surface area contributed by atoms with E-state index in [4.69, 9.17) is 16.6 Å². The Bertz CT molecular complexity index is 1170. The zero-order valence-corrected chi connectivity index (χ0v) is 16.6. The van der Waals surface area contributed by atoms with Crippen molar-refractivity contribution in [1.29, 1.82) is 0 Å². The van der Waals surface area contributed by atoms with E-state index in [0.717, 1.165) is 5.39 Å². The molecule has 0 fully saturated rings. The Morgan fingerprint density at radius 2 is 1.66 bits per heavy atom. The van der Waals surface area contributed by atoms with Crippen LogP contribution in [-0.4, -0.2) is 16.9 Å². The zero-order chi connectivity index (χ0) is 20.2. The maximum atomic E-state index is 12.4. The number of amides is 2. The average molecular weight is 422 g/mol. The van der Waals surface area contributed by atoms with Crippen molar-refractivity contribution < 1.29 is 14.0 Å². The van der Waals surface area contributed by atoms with Gasteiger partial charge in [0.1, 0.15) is 5.58 Å². The van der Waals surface area contributed by atoms with Crippen molar-refractivity contribution in [1.82, 2.24) is 5.32 Å². The van der Waals surface area contributed by atoms with Crippen molar-refractivity contribution >= 4 is 62.8 Å². The average Bonchev–Trinajstić information content (AvgIpc) is 3.38. The van der Waals surface area contributed by atoms with Gasteiger partial charge in [-0.25, -0.2) is 0 Å². The van der Waals surface area contributed by atoms with E-state index in [2.05, 4.69) is 16.0 Å². The predicted molar refractivity (Wildman–Crippen MR) is 119 cm³/mol. The molecule has 0 aliphatic carbocycles. The van der Waals surface area contributed by atoms with Gasteiger partial charge < -0.3 is 15.1 Å². The van der Waals surface area contributed by atoms with Gasteiger partial charge >= 0.3 is 0 Å². The molecule has 6 nitrogen and oxygen atoms in total. The summed E-state index contributed by atoms with van der Waals surface area (Å²) >= 11 is 6.59. The van der Waals surface area contributed by atoms with Gasteiger partial charge in [0.25, 0.3) is 11.8 Å². The number of furan rings is 1. The van der Waals surface area contributed by atoms with Gasteiger partial charge in [-0.15, -0.1) is 11.3 Å². The van der Waals surface area contributed by atoms with Gasteiger partial charge in [0.05, 0.1) is 4.88 Å². The van der Waals surface area contributed by atoms with E-state index in [1.807, 2.05) is 29.6 Å². The van der Waals surface area contributed by atoms with Crippen LogP contribution in [0.15, 0.2) is 76.5 Å². The first-order chi connectivity index (χ1) is 14.1. The molecule has 2 aromatic carbocycles. The maximum absolute atomic E-state index is 12.4. The first-order valence-corrected chi connectivity index (χ1v) is 9.93. The summed E-state index contributed by atoms with van der Waals surface area (Å²) in [5.41, 5.74) is 1.87. The highest BCUT2D eigenvalue weighted by atomic mass is 32.1. The summed E-state index contributed by atoms with van der Waals surface area (Å²) in [5, 5.41) is 11.2. The lowest BCUT2D eigenvalue weighted by molar-refractivity contribution is 0.0952. The molecule has 4 rings (SSSR count). The van der Waals surface area contributed by atoms with E-state index < -0.39 is 5.91 Å². The third-order valence-corrected chi connectivity index (χ3v) is 5.07. The van der Waals surface area contributed by atoms with Gasteiger partial charge in [-0.05, 0) is 54.0 Å². The SMILES string of the molecule is O=C(NC(=S)Nc1cccc(NC(=O)c2cccs2)c1)c1cc2ccccc2o1. The van der Waals surface area contributed by atoms with Crippen LogP contribution in [0.2, 0.25) is 0 Å². The van der Waals surface area contributed by atoms with Crippen LogP contribution < -0.4 is 16.0 Å². The predicted octanol–water partition coefficient (Wildman–Crippen LogP) is 4.87. The van der Waals surface area contributed by atoms with Gasteiger partial charge in [0, 0.05) is 16.8 Å². The third kappa shape index (κ3) is 4.50. The molecule has 29 heavy (non-hydrogen) atoms. The highest BCUT2D eigenvalue weighted by Gasteiger charge is 2.14. The van der Waals surface area contributed by atoms with Crippen molar-refractivity contribution in [2.75, 3.05) is 10.6 Å². The van der Waals surface area contributed by atoms with Crippen LogP contribution in [0.25, 0.3) is 11.0 Å². The number of carbonyl (C=O) groups excluding carboxylic acids is 2. The Morgan fingerprint density at radius 3 is 2.41 bits per heavy atom. The van der Waals surface area contributed by atoms with Crippen molar-refractivity contribution in [2.45, 2.75) is 0 Å². The quantitative estimate of drug-likeness (QED) is 0.409. The summed E-state index contributed by atoms with van der Waals surface area (Å²) in [7, 11) is 0. The number of fused-ring (bicyclic) bond motifs is 1. The highest BCUT2D eigenvalue weighted by Crippen LogP contribution is 2.19. The monoisotopic (exact) mass is 421 g/mol. The molecule has 2 aromatic heterocycles. The number of benzene rings is 2. The molecule has 0 radical (unpaired) electrons. The smallest absolute Gasteiger partial charge is 0.293 e. The van der Waals surface area contributed by atoms with E-state index in [9.17, 15) is 9.59 Å². The Morgan fingerprint density at radius 1 is 0.862 bits per heavy atom. The molecule has 3 N–H and O–H groups in total. The van der Waals surface area contributed by atoms with Crippen LogP contribution in [0.3, 0.4) is 0 Å². The van der Waals surface area contributed by atoms with Crippen LogP contribution in [0.5, 0.6) is 0 Å². The van der Waals surface area contributed by atoms with Crippen LogP contribution in [0.1, 0.15) is 20.2 Å². The highest BCUT2D eigenvalue weighted by molar-refractivity contribution is 7.80. The van der Waals surface area contributed by atoms with E-state index in [0.29, 0.717) is 21.8 Å². The summed E-state index contributed by atoms with van der Waals surface area (Å²) in [6.45, 7) is 0. The number of thiophene rings is 1. The number of carbonyl (C=O) groups is 2. The minimum Gasteiger partial charge on any atom is -0.451 e. The summed E-state index contributed by atoms with van der Waals surface area (Å²) < 4.78 is 5.53. The topological polar surface area (TPSA) is 83.4 Å². The number of para-hydroxylation sites is 1. The van der Waals surface area contributed by atoms with E-state index in [1.165, 1.54) is 11.3 Å². The molecule has 4 aromatic rings. The Labute approximate surface area is 175 Å². The molecule has 0 aliphatic rings. The number of nitrogens with one attached hydrogen (secondary N) is 3. The molecule has 0 saturated heterocycles.